The fraction of sp³-hybridized carbons (Fsp3) is 0.727. The standard InChI is InChI=1S/C11H14O3/c1-7-2-3-10-11(14-7)5-4-8(12)9(6-11)13-10/h1,4-5,7-10,12H,2-3,6H2/t7-,8+,9+,10-,11-/m0/s1. The van der Waals surface area contributed by atoms with Gasteiger partial charge in [0.1, 0.15) is 5.60 Å². The van der Waals surface area contributed by atoms with Gasteiger partial charge in [-0.05, 0) is 19.8 Å². The monoisotopic (exact) mass is 194 g/mol. The Hall–Kier alpha value is -0.380. The molecule has 5 atom stereocenters. The van der Waals surface area contributed by atoms with E-state index in [1.54, 1.807) is 6.08 Å². The molecule has 0 amide bonds. The van der Waals surface area contributed by atoms with E-state index in [0.717, 1.165) is 19.3 Å². The van der Waals surface area contributed by atoms with E-state index in [2.05, 4.69) is 0 Å². The fourth-order valence-corrected chi connectivity index (χ4v) is 2.71. The first-order valence-electron chi connectivity index (χ1n) is 5.16. The van der Waals surface area contributed by atoms with E-state index in [9.17, 15) is 5.11 Å². The number of aliphatic hydroxyl groups excluding tert-OH is 1. The highest BCUT2D eigenvalue weighted by molar-refractivity contribution is 5.21. The molecule has 2 radical (unpaired) electrons. The molecule has 2 aliphatic heterocycles. The molecule has 3 nitrogen and oxygen atoms in total. The van der Waals surface area contributed by atoms with Crippen LogP contribution in [0.15, 0.2) is 12.2 Å². The Balaban J connectivity index is 1.93. The molecule has 3 heteroatoms. The Morgan fingerprint density at radius 2 is 2.29 bits per heavy atom. The molecule has 2 heterocycles. The van der Waals surface area contributed by atoms with Crippen LogP contribution in [0.25, 0.3) is 0 Å². The third kappa shape index (κ3) is 1.09. The van der Waals surface area contributed by atoms with Crippen molar-refractivity contribution in [3.05, 3.63) is 19.1 Å². The zero-order chi connectivity index (χ0) is 9.76. The van der Waals surface area contributed by atoms with Crippen LogP contribution in [0.5, 0.6) is 0 Å². The minimum Gasteiger partial charge on any atom is -0.386 e. The van der Waals surface area contributed by atoms with Crippen molar-refractivity contribution in [3.8, 4) is 0 Å². The number of aliphatic hydroxyl groups is 1. The van der Waals surface area contributed by atoms with Crippen LogP contribution in [0.3, 0.4) is 0 Å². The molecule has 1 aliphatic carbocycles. The Labute approximate surface area is 83.7 Å². The smallest absolute Gasteiger partial charge is 0.115 e. The second kappa shape index (κ2) is 2.81. The molecular formula is C11H14O3. The van der Waals surface area contributed by atoms with Crippen LogP contribution in [0.4, 0.5) is 0 Å². The fourth-order valence-electron chi connectivity index (χ4n) is 2.71. The molecule has 0 aromatic rings. The van der Waals surface area contributed by atoms with Crippen LogP contribution in [0.2, 0.25) is 0 Å². The second-order valence-electron chi connectivity index (χ2n) is 4.41. The molecule has 2 fully saturated rings. The predicted molar refractivity (Wildman–Crippen MR) is 49.6 cm³/mol. The topological polar surface area (TPSA) is 38.7 Å². The van der Waals surface area contributed by atoms with Crippen molar-refractivity contribution in [2.75, 3.05) is 0 Å². The first-order chi connectivity index (χ1) is 6.70. The van der Waals surface area contributed by atoms with E-state index in [1.165, 1.54) is 0 Å². The summed E-state index contributed by atoms with van der Waals surface area (Å²) in [6.45, 7) is 5.78. The van der Waals surface area contributed by atoms with Gasteiger partial charge in [-0.3, -0.25) is 0 Å². The summed E-state index contributed by atoms with van der Waals surface area (Å²) in [4.78, 5) is 0. The van der Waals surface area contributed by atoms with Crippen molar-refractivity contribution in [1.82, 2.24) is 0 Å². The number of rotatable bonds is 0. The molecule has 1 N–H and O–H groups in total. The minimum absolute atomic E-state index is 0.0840. The SMILES string of the molecule is [CH][C@H]1CC[C@@H]2O[C@@H]3C[C@]2(C=C[C@H]3O)O1. The van der Waals surface area contributed by atoms with Crippen molar-refractivity contribution in [2.45, 2.75) is 49.3 Å². The van der Waals surface area contributed by atoms with Crippen LogP contribution in [0, 0.1) is 6.92 Å². The van der Waals surface area contributed by atoms with E-state index >= 15 is 0 Å². The van der Waals surface area contributed by atoms with Gasteiger partial charge in [0.15, 0.2) is 0 Å². The van der Waals surface area contributed by atoms with Crippen LogP contribution in [-0.2, 0) is 9.47 Å². The highest BCUT2D eigenvalue weighted by atomic mass is 16.6. The Kier molecular flexibility index (Phi) is 1.79. The lowest BCUT2D eigenvalue weighted by atomic mass is 9.83. The molecule has 3 aliphatic rings. The molecule has 14 heavy (non-hydrogen) atoms. The van der Waals surface area contributed by atoms with Crippen molar-refractivity contribution < 1.29 is 14.6 Å². The lowest BCUT2D eigenvalue weighted by Crippen LogP contribution is -2.47. The maximum absolute atomic E-state index is 9.61. The minimum atomic E-state index is -0.481. The van der Waals surface area contributed by atoms with Gasteiger partial charge in [-0.15, -0.1) is 0 Å². The van der Waals surface area contributed by atoms with E-state index in [4.69, 9.17) is 16.4 Å². The largest absolute Gasteiger partial charge is 0.386 e. The third-order valence-corrected chi connectivity index (χ3v) is 3.44. The maximum atomic E-state index is 9.61. The first kappa shape index (κ1) is 8.89. The van der Waals surface area contributed by atoms with Gasteiger partial charge in [0.25, 0.3) is 0 Å². The summed E-state index contributed by atoms with van der Waals surface area (Å²) in [6.07, 6.45) is 5.52. The van der Waals surface area contributed by atoms with Crippen LogP contribution in [-0.4, -0.2) is 35.1 Å². The molecule has 1 spiro atoms. The molecule has 0 unspecified atom stereocenters. The predicted octanol–water partition coefficient (Wildman–Crippen LogP) is 0.703. The molecule has 0 aromatic carbocycles. The summed E-state index contributed by atoms with van der Waals surface area (Å²) in [6, 6.07) is 0. The molecule has 3 rings (SSSR count). The molecular weight excluding hydrogens is 180 g/mol. The van der Waals surface area contributed by atoms with Gasteiger partial charge in [0.2, 0.25) is 0 Å². The molecule has 2 saturated heterocycles. The summed E-state index contributed by atoms with van der Waals surface area (Å²) in [7, 11) is 0. The maximum Gasteiger partial charge on any atom is 0.115 e. The van der Waals surface area contributed by atoms with E-state index in [0.29, 0.717) is 0 Å². The van der Waals surface area contributed by atoms with Gasteiger partial charge < -0.3 is 14.6 Å². The van der Waals surface area contributed by atoms with Crippen LogP contribution < -0.4 is 0 Å². The normalized spacial score (nSPS) is 55.9. The van der Waals surface area contributed by atoms with E-state index in [1.807, 2.05) is 6.08 Å². The number of ether oxygens (including phenoxy) is 2. The van der Waals surface area contributed by atoms with Gasteiger partial charge in [-0.1, -0.05) is 12.2 Å². The van der Waals surface area contributed by atoms with Crippen molar-refractivity contribution in [1.29, 1.82) is 0 Å². The third-order valence-electron chi connectivity index (χ3n) is 3.44. The second-order valence-corrected chi connectivity index (χ2v) is 4.41. The lowest BCUT2D eigenvalue weighted by molar-refractivity contribution is -0.125. The summed E-state index contributed by atoms with van der Waals surface area (Å²) >= 11 is 0. The summed E-state index contributed by atoms with van der Waals surface area (Å²) in [5.74, 6) is 0. The van der Waals surface area contributed by atoms with Crippen LogP contribution >= 0.6 is 0 Å². The average Bonchev–Trinajstić information content (AvgIpc) is 2.47. The zero-order valence-corrected chi connectivity index (χ0v) is 7.93. The Morgan fingerprint density at radius 1 is 1.43 bits per heavy atom. The Morgan fingerprint density at radius 3 is 3.14 bits per heavy atom. The van der Waals surface area contributed by atoms with Gasteiger partial charge in [-0.25, -0.2) is 0 Å². The number of hydrogen-bond acceptors (Lipinski definition) is 3. The lowest BCUT2D eigenvalue weighted by Gasteiger charge is -2.39. The highest BCUT2D eigenvalue weighted by Crippen LogP contribution is 2.45. The summed E-state index contributed by atoms with van der Waals surface area (Å²) in [5, 5.41) is 9.61. The molecule has 76 valence electrons. The molecule has 2 bridgehead atoms. The highest BCUT2D eigenvalue weighted by Gasteiger charge is 2.54. The van der Waals surface area contributed by atoms with Gasteiger partial charge >= 0.3 is 0 Å². The van der Waals surface area contributed by atoms with Crippen molar-refractivity contribution >= 4 is 0 Å². The first-order valence-corrected chi connectivity index (χ1v) is 5.16. The van der Waals surface area contributed by atoms with Gasteiger partial charge in [0, 0.05) is 6.42 Å². The number of hydrogen-bond donors (Lipinski definition) is 1. The Bertz CT molecular complexity index is 276. The number of fused-ring (bicyclic) bond motifs is 1. The van der Waals surface area contributed by atoms with Crippen molar-refractivity contribution in [3.63, 3.8) is 0 Å². The van der Waals surface area contributed by atoms with Gasteiger partial charge in [0.05, 0.1) is 24.4 Å². The molecule has 0 aromatic heterocycles. The van der Waals surface area contributed by atoms with E-state index < -0.39 is 6.10 Å². The van der Waals surface area contributed by atoms with E-state index in [-0.39, 0.29) is 23.9 Å². The van der Waals surface area contributed by atoms with Gasteiger partial charge in [-0.2, -0.15) is 0 Å². The zero-order valence-electron chi connectivity index (χ0n) is 7.93. The molecule has 0 saturated carbocycles. The van der Waals surface area contributed by atoms with Crippen LogP contribution in [0.1, 0.15) is 19.3 Å². The van der Waals surface area contributed by atoms with Crippen molar-refractivity contribution in [2.24, 2.45) is 0 Å². The summed E-state index contributed by atoms with van der Waals surface area (Å²) in [5.41, 5.74) is -0.346. The summed E-state index contributed by atoms with van der Waals surface area (Å²) < 4.78 is 11.5. The average molecular weight is 194 g/mol. The quantitative estimate of drug-likeness (QED) is 0.577.